The Kier molecular flexibility index (Phi) is 4.14. The van der Waals surface area contributed by atoms with E-state index in [0.717, 1.165) is 18.4 Å². The Morgan fingerprint density at radius 1 is 1.39 bits per heavy atom. The second kappa shape index (κ2) is 5.63. The third kappa shape index (κ3) is 3.40. The normalized spacial score (nSPS) is 24.7. The SMILES string of the molecule is CC(NC1CC(N)C1)c1cccc(OC(F)F)c1. The Hall–Kier alpha value is -1.20. The van der Waals surface area contributed by atoms with Crippen molar-refractivity contribution in [3.63, 3.8) is 0 Å². The van der Waals surface area contributed by atoms with Gasteiger partial charge in [-0.25, -0.2) is 0 Å². The molecular weight excluding hydrogens is 238 g/mol. The summed E-state index contributed by atoms with van der Waals surface area (Å²) < 4.78 is 28.6. The Bertz CT molecular complexity index is 394. The molecule has 0 spiro atoms. The predicted molar refractivity (Wildman–Crippen MR) is 65.6 cm³/mol. The summed E-state index contributed by atoms with van der Waals surface area (Å²) in [4.78, 5) is 0. The van der Waals surface area contributed by atoms with Crippen LogP contribution in [0.25, 0.3) is 0 Å². The van der Waals surface area contributed by atoms with Crippen molar-refractivity contribution in [2.75, 3.05) is 0 Å². The molecule has 1 aliphatic rings. The van der Waals surface area contributed by atoms with Crippen LogP contribution in [0.2, 0.25) is 0 Å². The van der Waals surface area contributed by atoms with E-state index < -0.39 is 6.61 Å². The highest BCUT2D eigenvalue weighted by atomic mass is 19.3. The molecule has 1 fully saturated rings. The summed E-state index contributed by atoms with van der Waals surface area (Å²) in [5.74, 6) is 0.196. The van der Waals surface area contributed by atoms with Crippen molar-refractivity contribution in [2.24, 2.45) is 5.73 Å². The van der Waals surface area contributed by atoms with Gasteiger partial charge in [-0.05, 0) is 37.5 Å². The Morgan fingerprint density at radius 2 is 2.11 bits per heavy atom. The number of benzene rings is 1. The number of nitrogens with two attached hydrogens (primary N) is 1. The lowest BCUT2D eigenvalue weighted by atomic mass is 9.87. The van der Waals surface area contributed by atoms with Crippen LogP contribution in [0, 0.1) is 0 Å². The molecule has 0 bridgehead atoms. The van der Waals surface area contributed by atoms with E-state index in [0.29, 0.717) is 12.1 Å². The first kappa shape index (κ1) is 13.2. The summed E-state index contributed by atoms with van der Waals surface area (Å²) >= 11 is 0. The number of halogens is 2. The molecular formula is C13H18F2N2O. The van der Waals surface area contributed by atoms with Gasteiger partial charge in [0.05, 0.1) is 0 Å². The van der Waals surface area contributed by atoms with Gasteiger partial charge < -0.3 is 15.8 Å². The van der Waals surface area contributed by atoms with E-state index in [-0.39, 0.29) is 11.8 Å². The zero-order chi connectivity index (χ0) is 13.1. The number of rotatable bonds is 5. The lowest BCUT2D eigenvalue weighted by molar-refractivity contribution is -0.0499. The molecule has 0 saturated heterocycles. The van der Waals surface area contributed by atoms with Gasteiger partial charge in [0, 0.05) is 18.1 Å². The maximum absolute atomic E-state index is 12.1. The third-order valence-electron chi connectivity index (χ3n) is 3.24. The molecule has 3 N–H and O–H groups in total. The largest absolute Gasteiger partial charge is 0.435 e. The molecule has 1 saturated carbocycles. The molecule has 2 rings (SSSR count). The molecule has 3 nitrogen and oxygen atoms in total. The van der Waals surface area contributed by atoms with E-state index in [2.05, 4.69) is 10.1 Å². The highest BCUT2D eigenvalue weighted by Crippen LogP contribution is 2.24. The number of ether oxygens (including phenoxy) is 1. The zero-order valence-electron chi connectivity index (χ0n) is 10.3. The minimum atomic E-state index is -2.78. The quantitative estimate of drug-likeness (QED) is 0.850. The molecule has 1 aromatic rings. The minimum absolute atomic E-state index is 0.101. The average molecular weight is 256 g/mol. The van der Waals surface area contributed by atoms with Gasteiger partial charge in [0.1, 0.15) is 5.75 Å². The molecule has 1 aromatic carbocycles. The standard InChI is InChI=1S/C13H18F2N2O/c1-8(17-11-6-10(16)7-11)9-3-2-4-12(5-9)18-13(14)15/h2-5,8,10-11,13,17H,6-7,16H2,1H3. The number of hydrogen-bond donors (Lipinski definition) is 2. The number of hydrogen-bond acceptors (Lipinski definition) is 3. The molecule has 0 radical (unpaired) electrons. The van der Waals surface area contributed by atoms with E-state index in [1.165, 1.54) is 6.07 Å². The maximum Gasteiger partial charge on any atom is 0.387 e. The minimum Gasteiger partial charge on any atom is -0.435 e. The fourth-order valence-electron chi connectivity index (χ4n) is 2.21. The van der Waals surface area contributed by atoms with Gasteiger partial charge in [-0.15, -0.1) is 0 Å². The summed E-state index contributed by atoms with van der Waals surface area (Å²) in [6.45, 7) is -0.779. The Morgan fingerprint density at radius 3 is 2.72 bits per heavy atom. The molecule has 1 atom stereocenters. The lowest BCUT2D eigenvalue weighted by Crippen LogP contribution is -2.49. The van der Waals surface area contributed by atoms with Crippen LogP contribution in [-0.4, -0.2) is 18.7 Å². The van der Waals surface area contributed by atoms with Crippen molar-refractivity contribution in [2.45, 2.75) is 44.5 Å². The molecule has 0 aromatic heterocycles. The van der Waals surface area contributed by atoms with Crippen LogP contribution in [0.3, 0.4) is 0 Å². The highest BCUT2D eigenvalue weighted by molar-refractivity contribution is 5.30. The topological polar surface area (TPSA) is 47.3 Å². The monoisotopic (exact) mass is 256 g/mol. The second-order valence-corrected chi connectivity index (χ2v) is 4.77. The highest BCUT2D eigenvalue weighted by Gasteiger charge is 2.26. The van der Waals surface area contributed by atoms with Crippen molar-refractivity contribution in [3.8, 4) is 5.75 Å². The molecule has 1 aliphatic carbocycles. The predicted octanol–water partition coefficient (Wildman–Crippen LogP) is 2.43. The van der Waals surface area contributed by atoms with Crippen molar-refractivity contribution in [1.29, 1.82) is 0 Å². The fraction of sp³-hybridized carbons (Fsp3) is 0.538. The smallest absolute Gasteiger partial charge is 0.387 e. The third-order valence-corrected chi connectivity index (χ3v) is 3.24. The van der Waals surface area contributed by atoms with Crippen LogP contribution in [0.5, 0.6) is 5.75 Å². The molecule has 100 valence electrons. The van der Waals surface area contributed by atoms with Gasteiger partial charge in [-0.3, -0.25) is 0 Å². The molecule has 5 heteroatoms. The van der Waals surface area contributed by atoms with Crippen LogP contribution in [0.4, 0.5) is 8.78 Å². The molecule has 0 amide bonds. The fourth-order valence-corrected chi connectivity index (χ4v) is 2.21. The first-order chi connectivity index (χ1) is 8.54. The summed E-state index contributed by atoms with van der Waals surface area (Å²) in [5.41, 5.74) is 6.66. The number of nitrogens with one attached hydrogen (secondary N) is 1. The van der Waals surface area contributed by atoms with Gasteiger partial charge in [0.25, 0.3) is 0 Å². The van der Waals surface area contributed by atoms with Gasteiger partial charge in [-0.1, -0.05) is 12.1 Å². The summed E-state index contributed by atoms with van der Waals surface area (Å²) in [5, 5.41) is 3.42. The van der Waals surface area contributed by atoms with Crippen LogP contribution in [-0.2, 0) is 0 Å². The Balaban J connectivity index is 1.94. The van der Waals surface area contributed by atoms with Crippen molar-refractivity contribution in [3.05, 3.63) is 29.8 Å². The van der Waals surface area contributed by atoms with Crippen molar-refractivity contribution >= 4 is 0 Å². The van der Waals surface area contributed by atoms with Crippen molar-refractivity contribution < 1.29 is 13.5 Å². The van der Waals surface area contributed by atoms with E-state index in [9.17, 15) is 8.78 Å². The maximum atomic E-state index is 12.1. The van der Waals surface area contributed by atoms with Crippen LogP contribution < -0.4 is 15.8 Å². The molecule has 1 unspecified atom stereocenters. The molecule has 18 heavy (non-hydrogen) atoms. The molecule has 0 heterocycles. The van der Waals surface area contributed by atoms with E-state index in [1.54, 1.807) is 12.1 Å². The first-order valence-electron chi connectivity index (χ1n) is 6.11. The van der Waals surface area contributed by atoms with Crippen molar-refractivity contribution in [1.82, 2.24) is 5.32 Å². The van der Waals surface area contributed by atoms with Gasteiger partial charge in [0.15, 0.2) is 0 Å². The number of alkyl halides is 2. The lowest BCUT2D eigenvalue weighted by Gasteiger charge is -2.35. The first-order valence-corrected chi connectivity index (χ1v) is 6.11. The Labute approximate surface area is 105 Å². The van der Waals surface area contributed by atoms with E-state index >= 15 is 0 Å². The van der Waals surface area contributed by atoms with Crippen LogP contribution in [0.1, 0.15) is 31.4 Å². The van der Waals surface area contributed by atoms with Crippen LogP contribution in [0.15, 0.2) is 24.3 Å². The van der Waals surface area contributed by atoms with Crippen LogP contribution >= 0.6 is 0 Å². The summed E-state index contributed by atoms with van der Waals surface area (Å²) in [6.07, 6.45) is 1.94. The van der Waals surface area contributed by atoms with E-state index in [4.69, 9.17) is 5.73 Å². The zero-order valence-corrected chi connectivity index (χ0v) is 10.3. The summed E-state index contributed by atoms with van der Waals surface area (Å²) in [6, 6.07) is 7.61. The average Bonchev–Trinajstić information content (AvgIpc) is 2.26. The van der Waals surface area contributed by atoms with Gasteiger partial charge >= 0.3 is 6.61 Å². The second-order valence-electron chi connectivity index (χ2n) is 4.77. The van der Waals surface area contributed by atoms with Gasteiger partial charge in [0.2, 0.25) is 0 Å². The summed E-state index contributed by atoms with van der Waals surface area (Å²) in [7, 11) is 0. The molecule has 0 aliphatic heterocycles. The van der Waals surface area contributed by atoms with Gasteiger partial charge in [-0.2, -0.15) is 8.78 Å². The van der Waals surface area contributed by atoms with E-state index in [1.807, 2.05) is 13.0 Å².